The third-order valence-corrected chi connectivity index (χ3v) is 5.88. The predicted octanol–water partition coefficient (Wildman–Crippen LogP) is 1.41. The molecule has 1 aromatic heterocycles. The van der Waals surface area contributed by atoms with Gasteiger partial charge in [-0.2, -0.15) is 0 Å². The van der Waals surface area contributed by atoms with Crippen LogP contribution in [0.2, 0.25) is 5.02 Å². The number of nitrogens with zero attached hydrogens (tertiary/aromatic N) is 3. The van der Waals surface area contributed by atoms with Crippen LogP contribution in [0.1, 0.15) is 40.5 Å². The lowest BCUT2D eigenvalue weighted by molar-refractivity contribution is -0.131. The number of carbonyl (C=O) groups is 3. The van der Waals surface area contributed by atoms with Crippen LogP contribution < -0.4 is 21.5 Å². The highest BCUT2D eigenvalue weighted by molar-refractivity contribution is 6.33. The number of benzene rings is 1. The summed E-state index contributed by atoms with van der Waals surface area (Å²) in [6.45, 7) is 4.53. The molecular weight excluding hydrogens is 422 g/mol. The molecule has 2 aliphatic heterocycles. The number of nitrogens with one attached hydrogen (secondary N) is 1. The van der Waals surface area contributed by atoms with Crippen LogP contribution in [-0.4, -0.2) is 53.4 Å². The van der Waals surface area contributed by atoms with E-state index in [0.717, 1.165) is 22.7 Å². The number of amides is 3. The number of piperazine rings is 1. The maximum Gasteiger partial charge on any atom is 0.262 e. The van der Waals surface area contributed by atoms with Crippen molar-refractivity contribution in [2.24, 2.45) is 0 Å². The number of hydrogen-bond donors (Lipinski definition) is 2. The molecule has 0 aliphatic carbocycles. The predicted molar refractivity (Wildman–Crippen MR) is 117 cm³/mol. The highest BCUT2D eigenvalue weighted by Gasteiger charge is 2.32. The topological polar surface area (TPSA) is 118 Å². The van der Waals surface area contributed by atoms with Crippen LogP contribution in [-0.2, 0) is 4.79 Å². The zero-order valence-electron chi connectivity index (χ0n) is 17.0. The molecule has 3 amide bonds. The van der Waals surface area contributed by atoms with E-state index < -0.39 is 17.4 Å². The summed E-state index contributed by atoms with van der Waals surface area (Å²) in [6.07, 6.45) is 1.38. The molecule has 0 saturated carbocycles. The summed E-state index contributed by atoms with van der Waals surface area (Å²) in [7, 11) is 0. The Hall–Kier alpha value is -3.33. The molecular formula is C21H22ClN5O4. The Balaban J connectivity index is 1.61. The first-order valence-electron chi connectivity index (χ1n) is 10.1. The Bertz CT molecular complexity index is 1150. The second-order valence-corrected chi connectivity index (χ2v) is 7.94. The second kappa shape index (κ2) is 8.07. The van der Waals surface area contributed by atoms with Crippen LogP contribution in [0.5, 0.6) is 0 Å². The average Bonchev–Trinajstić information content (AvgIpc) is 3.02. The van der Waals surface area contributed by atoms with E-state index in [9.17, 15) is 19.2 Å². The van der Waals surface area contributed by atoms with Crippen molar-refractivity contribution in [3.63, 3.8) is 0 Å². The Morgan fingerprint density at radius 2 is 1.81 bits per heavy atom. The van der Waals surface area contributed by atoms with Gasteiger partial charge < -0.3 is 15.5 Å². The first-order valence-corrected chi connectivity index (χ1v) is 10.4. The van der Waals surface area contributed by atoms with Gasteiger partial charge in [0.05, 0.1) is 27.5 Å². The van der Waals surface area contributed by atoms with Gasteiger partial charge in [0, 0.05) is 38.7 Å². The van der Waals surface area contributed by atoms with Crippen molar-refractivity contribution in [1.82, 2.24) is 14.8 Å². The van der Waals surface area contributed by atoms with Crippen molar-refractivity contribution in [2.75, 3.05) is 36.8 Å². The molecule has 3 N–H and O–H groups in total. The van der Waals surface area contributed by atoms with Gasteiger partial charge in [-0.3, -0.25) is 29.1 Å². The molecule has 4 rings (SSSR count). The molecule has 1 aromatic carbocycles. The van der Waals surface area contributed by atoms with Gasteiger partial charge in [-0.1, -0.05) is 18.5 Å². The van der Waals surface area contributed by atoms with E-state index in [0.29, 0.717) is 43.3 Å². The number of rotatable bonds is 4. The van der Waals surface area contributed by atoms with Gasteiger partial charge in [-0.25, -0.2) is 0 Å². The summed E-state index contributed by atoms with van der Waals surface area (Å²) >= 11 is 6.52. The van der Waals surface area contributed by atoms with E-state index >= 15 is 0 Å². The minimum atomic E-state index is -0.638. The lowest BCUT2D eigenvalue weighted by Crippen LogP contribution is -2.48. The molecule has 0 bridgehead atoms. The molecule has 2 aliphatic rings. The molecule has 31 heavy (non-hydrogen) atoms. The fourth-order valence-electron chi connectivity index (χ4n) is 4.01. The maximum absolute atomic E-state index is 12.6. The fraction of sp³-hybridized carbons (Fsp3) is 0.333. The van der Waals surface area contributed by atoms with Crippen molar-refractivity contribution in [3.8, 4) is 5.69 Å². The summed E-state index contributed by atoms with van der Waals surface area (Å²) < 4.78 is 1.16. The van der Waals surface area contributed by atoms with E-state index in [1.54, 1.807) is 18.2 Å². The van der Waals surface area contributed by atoms with Gasteiger partial charge in [0.1, 0.15) is 5.82 Å². The van der Waals surface area contributed by atoms with Crippen molar-refractivity contribution >= 4 is 40.8 Å². The van der Waals surface area contributed by atoms with E-state index in [1.807, 2.05) is 11.8 Å². The van der Waals surface area contributed by atoms with Crippen molar-refractivity contribution in [1.29, 1.82) is 0 Å². The van der Waals surface area contributed by atoms with Crippen molar-refractivity contribution in [3.05, 3.63) is 50.8 Å². The first kappa shape index (κ1) is 20.9. The van der Waals surface area contributed by atoms with Crippen molar-refractivity contribution in [2.45, 2.75) is 19.8 Å². The number of aromatic nitrogens is 1. The first-order chi connectivity index (χ1) is 14.8. The summed E-state index contributed by atoms with van der Waals surface area (Å²) in [5.74, 6) is -1.22. The van der Waals surface area contributed by atoms with Gasteiger partial charge >= 0.3 is 0 Å². The molecule has 0 radical (unpaired) electrons. The summed E-state index contributed by atoms with van der Waals surface area (Å²) in [4.78, 5) is 52.5. The van der Waals surface area contributed by atoms with Crippen LogP contribution in [0.4, 0.5) is 11.5 Å². The smallest absolute Gasteiger partial charge is 0.262 e. The lowest BCUT2D eigenvalue weighted by Gasteiger charge is -2.36. The standard InChI is InChI=1S/C21H22ClN5O4/c1-2-3-16(28)26-8-6-25(7-9-26)15-5-4-12(10-14(15)22)27-17(29)11-13-18(19(27)23)21(31)24-20(13)30/h4-5,10-11H,2-3,6-9,23H2,1H3,(H,24,30,31). The number of halogens is 1. The minimum absolute atomic E-state index is 0.0160. The van der Waals surface area contributed by atoms with Crippen LogP contribution in [0.15, 0.2) is 29.1 Å². The quantitative estimate of drug-likeness (QED) is 0.690. The van der Waals surface area contributed by atoms with Crippen LogP contribution in [0.25, 0.3) is 5.69 Å². The Labute approximate surface area is 183 Å². The number of fused-ring (bicyclic) bond motifs is 1. The van der Waals surface area contributed by atoms with E-state index in [-0.39, 0.29) is 22.9 Å². The number of hydrogen-bond acceptors (Lipinski definition) is 6. The SMILES string of the molecule is CCCC(=O)N1CCN(c2ccc(-n3c(N)c4c(cc3=O)C(=O)NC4=O)cc2Cl)CC1. The van der Waals surface area contributed by atoms with Gasteiger partial charge in [-0.05, 0) is 24.6 Å². The Morgan fingerprint density at radius 1 is 1.10 bits per heavy atom. The average molecular weight is 444 g/mol. The molecule has 0 spiro atoms. The normalized spacial score (nSPS) is 15.8. The number of nitrogen functional groups attached to an aromatic ring is 1. The molecule has 1 fully saturated rings. The number of anilines is 2. The molecule has 0 atom stereocenters. The fourth-order valence-corrected chi connectivity index (χ4v) is 4.30. The molecule has 0 unspecified atom stereocenters. The zero-order chi connectivity index (χ0) is 22.3. The van der Waals surface area contributed by atoms with E-state index in [1.165, 1.54) is 0 Å². The number of imide groups is 1. The molecule has 2 aromatic rings. The largest absolute Gasteiger partial charge is 0.384 e. The van der Waals surface area contributed by atoms with Crippen molar-refractivity contribution < 1.29 is 14.4 Å². The molecule has 10 heteroatoms. The van der Waals surface area contributed by atoms with E-state index in [4.69, 9.17) is 17.3 Å². The Kier molecular flexibility index (Phi) is 5.45. The van der Waals surface area contributed by atoms with Gasteiger partial charge in [0.25, 0.3) is 17.4 Å². The van der Waals surface area contributed by atoms with Crippen LogP contribution >= 0.6 is 11.6 Å². The molecule has 3 heterocycles. The van der Waals surface area contributed by atoms with Crippen LogP contribution in [0, 0.1) is 0 Å². The summed E-state index contributed by atoms with van der Waals surface area (Å²) in [5, 5.41) is 2.56. The van der Waals surface area contributed by atoms with Crippen LogP contribution in [0.3, 0.4) is 0 Å². The summed E-state index contributed by atoms with van der Waals surface area (Å²) in [5.41, 5.74) is 6.68. The number of carbonyl (C=O) groups excluding carboxylic acids is 3. The number of nitrogens with two attached hydrogens (primary N) is 1. The number of pyridine rings is 1. The Morgan fingerprint density at radius 3 is 2.45 bits per heavy atom. The summed E-state index contributed by atoms with van der Waals surface area (Å²) in [6, 6.07) is 6.17. The molecule has 162 valence electrons. The van der Waals surface area contributed by atoms with E-state index in [2.05, 4.69) is 10.2 Å². The minimum Gasteiger partial charge on any atom is -0.384 e. The molecule has 9 nitrogen and oxygen atoms in total. The van der Waals surface area contributed by atoms with Gasteiger partial charge in [0.15, 0.2) is 0 Å². The lowest BCUT2D eigenvalue weighted by atomic mass is 10.1. The third-order valence-electron chi connectivity index (χ3n) is 5.58. The second-order valence-electron chi connectivity index (χ2n) is 7.53. The van der Waals surface area contributed by atoms with Gasteiger partial charge in [-0.15, -0.1) is 0 Å². The monoisotopic (exact) mass is 443 g/mol. The molecule has 1 saturated heterocycles. The highest BCUT2D eigenvalue weighted by atomic mass is 35.5. The highest BCUT2D eigenvalue weighted by Crippen LogP contribution is 2.30. The maximum atomic E-state index is 12.6. The van der Waals surface area contributed by atoms with Gasteiger partial charge in [0.2, 0.25) is 5.91 Å². The zero-order valence-corrected chi connectivity index (χ0v) is 17.7. The third kappa shape index (κ3) is 3.65.